The number of nitrogens with two attached hydrogens (primary N) is 1. The molecule has 0 aliphatic carbocycles. The molecule has 1 amide bonds. The molecule has 104 valence electrons. The number of hydrogen-bond acceptors (Lipinski definition) is 7. The lowest BCUT2D eigenvalue weighted by Crippen LogP contribution is -2.57. The van der Waals surface area contributed by atoms with Crippen molar-refractivity contribution < 1.29 is 9.53 Å². The second-order valence-corrected chi connectivity index (χ2v) is 6.12. The molecular formula is C11H17N5O2S. The summed E-state index contributed by atoms with van der Waals surface area (Å²) in [6, 6.07) is 0. The summed E-state index contributed by atoms with van der Waals surface area (Å²) < 4.78 is 5.80. The molecule has 8 heteroatoms. The van der Waals surface area contributed by atoms with Gasteiger partial charge in [-0.05, 0) is 12.8 Å². The van der Waals surface area contributed by atoms with Gasteiger partial charge in [0.25, 0.3) is 0 Å². The van der Waals surface area contributed by atoms with E-state index in [4.69, 9.17) is 10.5 Å². The number of aromatic nitrogens is 2. The fraction of sp³-hybridized carbons (Fsp3) is 0.727. The molecule has 3 rings (SSSR count). The highest BCUT2D eigenvalue weighted by Gasteiger charge is 2.41. The lowest BCUT2D eigenvalue weighted by atomic mass is 9.89. The Morgan fingerprint density at radius 3 is 2.68 bits per heavy atom. The Balaban J connectivity index is 1.64. The molecule has 0 unspecified atom stereocenters. The lowest BCUT2D eigenvalue weighted by Gasteiger charge is -2.46. The zero-order valence-corrected chi connectivity index (χ0v) is 11.7. The monoisotopic (exact) mass is 283 g/mol. The van der Waals surface area contributed by atoms with Crippen molar-refractivity contribution >= 4 is 27.5 Å². The van der Waals surface area contributed by atoms with Crippen molar-refractivity contribution in [2.75, 3.05) is 43.9 Å². The predicted molar refractivity (Wildman–Crippen MR) is 72.1 cm³/mol. The summed E-state index contributed by atoms with van der Waals surface area (Å²) in [5, 5.41) is 9.27. The number of hydrogen-bond donors (Lipinski definition) is 1. The fourth-order valence-corrected chi connectivity index (χ4v) is 3.32. The summed E-state index contributed by atoms with van der Waals surface area (Å²) in [4.78, 5) is 15.4. The number of nitrogen functional groups attached to an aromatic ring is 1. The van der Waals surface area contributed by atoms with E-state index in [1.54, 1.807) is 4.90 Å². The third kappa shape index (κ3) is 2.37. The molecule has 0 aromatic carbocycles. The number of amides is 1. The minimum absolute atomic E-state index is 0.0601. The molecule has 2 fully saturated rings. The normalized spacial score (nSPS) is 23.1. The highest BCUT2D eigenvalue weighted by atomic mass is 32.1. The average Bonchev–Trinajstić information content (AvgIpc) is 2.82. The van der Waals surface area contributed by atoms with Gasteiger partial charge in [-0.15, -0.1) is 10.2 Å². The van der Waals surface area contributed by atoms with Gasteiger partial charge in [-0.3, -0.25) is 4.79 Å². The van der Waals surface area contributed by atoms with E-state index in [0.717, 1.165) is 31.1 Å². The van der Waals surface area contributed by atoms with Gasteiger partial charge in [-0.1, -0.05) is 11.3 Å². The molecule has 3 heterocycles. The molecule has 1 aromatic heterocycles. The molecule has 0 radical (unpaired) electrons. The standard InChI is InChI=1S/C11H17N5O2S/c1-15-7-11(18-6-8(15)17)2-4-16(5-3-11)10-14-13-9(12)19-10/h2-7H2,1H3,(H2,12,13). The largest absolute Gasteiger partial charge is 0.374 e. The smallest absolute Gasteiger partial charge is 0.248 e. The molecule has 2 aliphatic rings. The van der Waals surface area contributed by atoms with Crippen LogP contribution >= 0.6 is 11.3 Å². The summed E-state index contributed by atoms with van der Waals surface area (Å²) >= 11 is 1.41. The third-order valence-corrected chi connectivity index (χ3v) is 4.64. The average molecular weight is 283 g/mol. The van der Waals surface area contributed by atoms with E-state index in [1.807, 2.05) is 7.05 Å². The Labute approximate surface area is 115 Å². The number of morpholine rings is 1. The summed E-state index contributed by atoms with van der Waals surface area (Å²) in [7, 11) is 1.84. The molecule has 7 nitrogen and oxygen atoms in total. The van der Waals surface area contributed by atoms with Crippen molar-refractivity contribution in [2.24, 2.45) is 0 Å². The van der Waals surface area contributed by atoms with Gasteiger partial charge in [-0.2, -0.15) is 0 Å². The van der Waals surface area contributed by atoms with Gasteiger partial charge in [0.1, 0.15) is 6.61 Å². The van der Waals surface area contributed by atoms with Gasteiger partial charge in [0.05, 0.1) is 5.60 Å². The molecule has 0 atom stereocenters. The van der Waals surface area contributed by atoms with Crippen LogP contribution in [-0.2, 0) is 9.53 Å². The Morgan fingerprint density at radius 1 is 1.37 bits per heavy atom. The van der Waals surface area contributed by atoms with Crippen molar-refractivity contribution in [1.29, 1.82) is 0 Å². The molecule has 0 bridgehead atoms. The Kier molecular flexibility index (Phi) is 3.06. The van der Waals surface area contributed by atoms with Gasteiger partial charge < -0.3 is 20.3 Å². The summed E-state index contributed by atoms with van der Waals surface area (Å²) in [6.07, 6.45) is 1.79. The zero-order chi connectivity index (χ0) is 13.5. The lowest BCUT2D eigenvalue weighted by molar-refractivity contribution is -0.164. The van der Waals surface area contributed by atoms with Crippen LogP contribution < -0.4 is 10.6 Å². The van der Waals surface area contributed by atoms with Gasteiger partial charge in [-0.25, -0.2) is 0 Å². The first-order valence-electron chi connectivity index (χ1n) is 6.30. The zero-order valence-electron chi connectivity index (χ0n) is 10.8. The van der Waals surface area contributed by atoms with E-state index in [-0.39, 0.29) is 18.1 Å². The van der Waals surface area contributed by atoms with Crippen molar-refractivity contribution in [3.63, 3.8) is 0 Å². The van der Waals surface area contributed by atoms with E-state index in [1.165, 1.54) is 11.3 Å². The van der Waals surface area contributed by atoms with Crippen LogP contribution in [0.15, 0.2) is 0 Å². The fourth-order valence-electron chi connectivity index (χ4n) is 2.65. The maximum atomic E-state index is 11.5. The molecule has 2 N–H and O–H groups in total. The first-order chi connectivity index (χ1) is 9.08. The van der Waals surface area contributed by atoms with Gasteiger partial charge >= 0.3 is 0 Å². The number of carbonyl (C=O) groups excluding carboxylic acids is 1. The number of rotatable bonds is 1. The third-order valence-electron chi connectivity index (χ3n) is 3.83. The summed E-state index contributed by atoms with van der Waals surface area (Å²) in [5.41, 5.74) is 5.42. The number of likely N-dealkylation sites (N-methyl/N-ethyl adjacent to an activating group) is 1. The topological polar surface area (TPSA) is 84.6 Å². The van der Waals surface area contributed by atoms with Crippen LogP contribution in [0.4, 0.5) is 10.3 Å². The van der Waals surface area contributed by atoms with Crippen LogP contribution in [-0.4, -0.2) is 59.9 Å². The van der Waals surface area contributed by atoms with Crippen molar-refractivity contribution in [1.82, 2.24) is 15.1 Å². The van der Waals surface area contributed by atoms with Crippen molar-refractivity contribution in [3.05, 3.63) is 0 Å². The Morgan fingerprint density at radius 2 is 2.11 bits per heavy atom. The summed E-state index contributed by atoms with van der Waals surface area (Å²) in [5.74, 6) is 0.0601. The number of ether oxygens (including phenoxy) is 1. The van der Waals surface area contributed by atoms with E-state index in [9.17, 15) is 4.79 Å². The summed E-state index contributed by atoms with van der Waals surface area (Å²) in [6.45, 7) is 2.59. The first-order valence-corrected chi connectivity index (χ1v) is 7.11. The van der Waals surface area contributed by atoms with Crippen LogP contribution in [0.1, 0.15) is 12.8 Å². The molecule has 19 heavy (non-hydrogen) atoms. The van der Waals surface area contributed by atoms with E-state index < -0.39 is 0 Å². The Hall–Kier alpha value is -1.41. The highest BCUT2D eigenvalue weighted by Crippen LogP contribution is 2.33. The van der Waals surface area contributed by atoms with Crippen molar-refractivity contribution in [2.45, 2.75) is 18.4 Å². The maximum absolute atomic E-state index is 11.5. The Bertz CT molecular complexity index is 483. The van der Waals surface area contributed by atoms with Crippen LogP contribution in [0.5, 0.6) is 0 Å². The first kappa shape index (κ1) is 12.6. The molecule has 0 saturated carbocycles. The number of piperidine rings is 1. The number of anilines is 2. The van der Waals surface area contributed by atoms with E-state index in [2.05, 4.69) is 15.1 Å². The minimum atomic E-state index is -0.185. The SMILES string of the molecule is CN1CC2(CCN(c3nnc(N)s3)CC2)OCC1=O. The second-order valence-electron chi connectivity index (χ2n) is 5.13. The highest BCUT2D eigenvalue weighted by molar-refractivity contribution is 7.18. The van der Waals surface area contributed by atoms with Crippen LogP contribution in [0.2, 0.25) is 0 Å². The van der Waals surface area contributed by atoms with Crippen LogP contribution in [0.3, 0.4) is 0 Å². The number of carbonyl (C=O) groups is 1. The molecule has 2 aliphatic heterocycles. The second kappa shape index (κ2) is 4.61. The van der Waals surface area contributed by atoms with Crippen LogP contribution in [0, 0.1) is 0 Å². The van der Waals surface area contributed by atoms with Crippen molar-refractivity contribution in [3.8, 4) is 0 Å². The minimum Gasteiger partial charge on any atom is -0.374 e. The van der Waals surface area contributed by atoms with Gasteiger partial charge in [0.15, 0.2) is 0 Å². The molecular weight excluding hydrogens is 266 g/mol. The van der Waals surface area contributed by atoms with Gasteiger partial charge in [0.2, 0.25) is 16.2 Å². The molecule has 2 saturated heterocycles. The van der Waals surface area contributed by atoms with E-state index in [0.29, 0.717) is 11.7 Å². The quantitative estimate of drug-likeness (QED) is 0.778. The van der Waals surface area contributed by atoms with Crippen LogP contribution in [0.25, 0.3) is 0 Å². The maximum Gasteiger partial charge on any atom is 0.248 e. The number of nitrogens with zero attached hydrogens (tertiary/aromatic N) is 4. The molecule has 1 aromatic rings. The van der Waals surface area contributed by atoms with E-state index >= 15 is 0 Å². The molecule has 1 spiro atoms. The predicted octanol–water partition coefficient (Wildman–Crippen LogP) is -0.0521. The van der Waals surface area contributed by atoms with Gasteiger partial charge in [0, 0.05) is 26.7 Å².